The third-order valence-electron chi connectivity index (χ3n) is 2.26. The van der Waals surface area contributed by atoms with Crippen molar-refractivity contribution in [2.24, 2.45) is 0 Å². The van der Waals surface area contributed by atoms with Crippen molar-refractivity contribution >= 4 is 41.0 Å². The first-order valence-electron chi connectivity index (χ1n) is 5.18. The molecule has 1 aromatic heterocycles. The molecule has 0 aliphatic carbocycles. The lowest BCUT2D eigenvalue weighted by molar-refractivity contribution is -0.385. The van der Waals surface area contributed by atoms with Gasteiger partial charge >= 0.3 is 5.69 Å². The molecule has 0 amide bonds. The lowest BCUT2D eigenvalue weighted by atomic mass is 10.2. The van der Waals surface area contributed by atoms with Gasteiger partial charge in [-0.05, 0) is 23.2 Å². The van der Waals surface area contributed by atoms with E-state index >= 15 is 0 Å². The van der Waals surface area contributed by atoms with Gasteiger partial charge in [0, 0.05) is 0 Å². The lowest BCUT2D eigenvalue weighted by Gasteiger charge is -1.99. The Morgan fingerprint density at radius 3 is 2.42 bits per heavy atom. The summed E-state index contributed by atoms with van der Waals surface area (Å²) in [5.74, 6) is 0. The Bertz CT molecular complexity index is 645. The van der Waals surface area contributed by atoms with Crippen LogP contribution in [0.5, 0.6) is 0 Å². The van der Waals surface area contributed by atoms with Gasteiger partial charge in [-0.3, -0.25) is 10.1 Å². The minimum absolute atomic E-state index is 0.0684. The third kappa shape index (κ3) is 3.27. The number of rotatable bonds is 3. The van der Waals surface area contributed by atoms with Crippen molar-refractivity contribution in [2.45, 2.75) is 0 Å². The molecular formula is C12H7Cl2N3O2. The number of nitro groups is 1. The van der Waals surface area contributed by atoms with Crippen LogP contribution in [0, 0.1) is 10.1 Å². The zero-order chi connectivity index (χ0) is 13.8. The number of nitrogens with zero attached hydrogens (tertiary/aromatic N) is 3. The summed E-state index contributed by atoms with van der Waals surface area (Å²) in [6, 6.07) is 9.29. The second kappa shape index (κ2) is 5.77. The zero-order valence-corrected chi connectivity index (χ0v) is 11.0. The van der Waals surface area contributed by atoms with Gasteiger partial charge in [0.1, 0.15) is 5.69 Å². The molecule has 0 N–H and O–H groups in total. The highest BCUT2D eigenvalue weighted by Gasteiger charge is 2.21. The first kappa shape index (κ1) is 13.5. The van der Waals surface area contributed by atoms with E-state index in [1.54, 1.807) is 6.08 Å². The number of aromatic nitrogens is 2. The number of halogens is 2. The molecule has 0 unspecified atom stereocenters. The molecule has 0 aliphatic rings. The van der Waals surface area contributed by atoms with Crippen LogP contribution in [0.25, 0.3) is 12.2 Å². The molecule has 2 rings (SSSR count). The van der Waals surface area contributed by atoms with Crippen LogP contribution in [-0.4, -0.2) is 14.9 Å². The largest absolute Gasteiger partial charge is 0.331 e. The molecule has 2 aromatic rings. The molecule has 1 aromatic carbocycles. The molecule has 7 heteroatoms. The molecule has 96 valence electrons. The van der Waals surface area contributed by atoms with Crippen LogP contribution in [0.3, 0.4) is 0 Å². The maximum Gasteiger partial charge on any atom is 0.331 e. The molecule has 0 bridgehead atoms. The Kier molecular flexibility index (Phi) is 4.09. The summed E-state index contributed by atoms with van der Waals surface area (Å²) in [4.78, 5) is 17.7. The van der Waals surface area contributed by atoms with Gasteiger partial charge in [-0.1, -0.05) is 48.0 Å². The Morgan fingerprint density at radius 1 is 1.11 bits per heavy atom. The lowest BCUT2D eigenvalue weighted by Crippen LogP contribution is -1.98. The molecule has 0 radical (unpaired) electrons. The molecule has 0 saturated heterocycles. The summed E-state index contributed by atoms with van der Waals surface area (Å²) in [7, 11) is 0. The van der Waals surface area contributed by atoms with Crippen molar-refractivity contribution in [2.75, 3.05) is 0 Å². The quantitative estimate of drug-likeness (QED) is 0.373. The summed E-state index contributed by atoms with van der Waals surface area (Å²) in [6.45, 7) is 0. The van der Waals surface area contributed by atoms with Crippen LogP contribution in [0.15, 0.2) is 30.3 Å². The molecule has 1 heterocycles. The highest BCUT2D eigenvalue weighted by Crippen LogP contribution is 2.28. The van der Waals surface area contributed by atoms with Gasteiger partial charge in [-0.2, -0.15) is 4.98 Å². The fourth-order valence-electron chi connectivity index (χ4n) is 1.44. The summed E-state index contributed by atoms with van der Waals surface area (Å²) in [5, 5.41) is 10.5. The Labute approximate surface area is 118 Å². The van der Waals surface area contributed by atoms with E-state index in [0.717, 1.165) is 5.56 Å². The molecular weight excluding hydrogens is 289 g/mol. The monoisotopic (exact) mass is 295 g/mol. The average molecular weight is 296 g/mol. The first-order chi connectivity index (χ1) is 9.08. The fourth-order valence-corrected chi connectivity index (χ4v) is 1.91. The van der Waals surface area contributed by atoms with Crippen molar-refractivity contribution in [3.8, 4) is 0 Å². The van der Waals surface area contributed by atoms with Crippen molar-refractivity contribution in [3.05, 3.63) is 62.1 Å². The van der Waals surface area contributed by atoms with Gasteiger partial charge in [-0.25, -0.2) is 4.98 Å². The molecule has 5 nitrogen and oxygen atoms in total. The number of hydrogen-bond donors (Lipinski definition) is 0. The van der Waals surface area contributed by atoms with Crippen LogP contribution in [-0.2, 0) is 0 Å². The predicted octanol–water partition coefficient (Wildman–Crippen LogP) is 3.86. The van der Waals surface area contributed by atoms with Gasteiger partial charge in [0.15, 0.2) is 0 Å². The van der Waals surface area contributed by atoms with E-state index in [-0.39, 0.29) is 21.8 Å². The van der Waals surface area contributed by atoms with Crippen LogP contribution >= 0.6 is 23.2 Å². The predicted molar refractivity (Wildman–Crippen MR) is 74.1 cm³/mol. The van der Waals surface area contributed by atoms with E-state index in [1.165, 1.54) is 6.08 Å². The van der Waals surface area contributed by atoms with Crippen LogP contribution in [0.1, 0.15) is 11.3 Å². The van der Waals surface area contributed by atoms with Crippen LogP contribution in [0.4, 0.5) is 5.69 Å². The van der Waals surface area contributed by atoms with Gasteiger partial charge < -0.3 is 0 Å². The van der Waals surface area contributed by atoms with Crippen molar-refractivity contribution in [1.82, 2.24) is 9.97 Å². The molecule has 0 aliphatic heterocycles. The van der Waals surface area contributed by atoms with Crippen LogP contribution in [0.2, 0.25) is 10.4 Å². The smallest absolute Gasteiger partial charge is 0.258 e. The Morgan fingerprint density at radius 2 is 1.79 bits per heavy atom. The first-order valence-corrected chi connectivity index (χ1v) is 5.94. The van der Waals surface area contributed by atoms with E-state index in [2.05, 4.69) is 9.97 Å². The zero-order valence-electron chi connectivity index (χ0n) is 9.46. The van der Waals surface area contributed by atoms with E-state index in [4.69, 9.17) is 23.2 Å². The van der Waals surface area contributed by atoms with Crippen molar-refractivity contribution in [1.29, 1.82) is 0 Å². The Balaban J connectivity index is 2.45. The SMILES string of the molecule is O=[N+]([O-])c1c(Cl)nc(Cl)nc1C=Cc1ccccc1. The van der Waals surface area contributed by atoms with Crippen molar-refractivity contribution in [3.63, 3.8) is 0 Å². The van der Waals surface area contributed by atoms with Gasteiger partial charge in [0.2, 0.25) is 10.4 Å². The van der Waals surface area contributed by atoms with Crippen LogP contribution < -0.4 is 0 Å². The standard InChI is InChI=1S/C12H7Cl2N3O2/c13-11-10(17(18)19)9(15-12(14)16-11)7-6-8-4-2-1-3-5-8/h1-7H. The fraction of sp³-hybridized carbons (Fsp3) is 0. The summed E-state index contributed by atoms with van der Waals surface area (Å²) in [6.07, 6.45) is 3.16. The summed E-state index contributed by atoms with van der Waals surface area (Å²) < 4.78 is 0. The topological polar surface area (TPSA) is 68.9 Å². The molecule has 0 fully saturated rings. The minimum Gasteiger partial charge on any atom is -0.258 e. The maximum absolute atomic E-state index is 10.9. The van der Waals surface area contributed by atoms with E-state index in [9.17, 15) is 10.1 Å². The van der Waals surface area contributed by atoms with E-state index < -0.39 is 4.92 Å². The van der Waals surface area contributed by atoms with Gasteiger partial charge in [0.25, 0.3) is 0 Å². The third-order valence-corrected chi connectivity index (χ3v) is 2.69. The second-order valence-electron chi connectivity index (χ2n) is 3.52. The van der Waals surface area contributed by atoms with Gasteiger partial charge in [-0.15, -0.1) is 0 Å². The Hall–Kier alpha value is -1.98. The molecule has 0 saturated carbocycles. The minimum atomic E-state index is -0.636. The summed E-state index contributed by atoms with van der Waals surface area (Å²) in [5.41, 5.74) is 0.583. The van der Waals surface area contributed by atoms with E-state index in [1.807, 2.05) is 30.3 Å². The molecule has 19 heavy (non-hydrogen) atoms. The number of hydrogen-bond acceptors (Lipinski definition) is 4. The van der Waals surface area contributed by atoms with Crippen molar-refractivity contribution < 1.29 is 4.92 Å². The maximum atomic E-state index is 10.9. The molecule has 0 atom stereocenters. The second-order valence-corrected chi connectivity index (χ2v) is 4.21. The summed E-state index contributed by atoms with van der Waals surface area (Å²) >= 11 is 11.3. The van der Waals surface area contributed by atoms with Gasteiger partial charge in [0.05, 0.1) is 4.92 Å². The average Bonchev–Trinajstić information content (AvgIpc) is 2.36. The highest BCUT2D eigenvalue weighted by molar-refractivity contribution is 6.33. The normalized spacial score (nSPS) is 10.8. The molecule has 0 spiro atoms. The number of benzene rings is 1. The highest BCUT2D eigenvalue weighted by atomic mass is 35.5. The van der Waals surface area contributed by atoms with E-state index in [0.29, 0.717) is 0 Å².